The number of hydrogen-bond donors (Lipinski definition) is 3. The Morgan fingerprint density at radius 2 is 1.95 bits per heavy atom. The Morgan fingerprint density at radius 1 is 1.38 bits per heavy atom. The highest BCUT2D eigenvalue weighted by Gasteiger charge is 2.37. The van der Waals surface area contributed by atoms with Gasteiger partial charge < -0.3 is 16.2 Å². The minimum absolute atomic E-state index is 0.256. The number of nitrogens with two attached hydrogens (primary N) is 1. The summed E-state index contributed by atoms with van der Waals surface area (Å²) >= 11 is 0. The van der Waals surface area contributed by atoms with Crippen LogP contribution >= 0.6 is 0 Å². The van der Waals surface area contributed by atoms with E-state index in [1.54, 1.807) is 14.0 Å². The molecule has 1 heterocycles. The number of carbonyl (C=O) groups is 1. The third kappa shape index (κ3) is 3.37. The summed E-state index contributed by atoms with van der Waals surface area (Å²) in [7, 11) is 1.69. The Labute approximate surface area is 125 Å². The minimum Gasteiger partial charge on any atom is -0.395 e. The second-order valence-corrected chi connectivity index (χ2v) is 7.04. The van der Waals surface area contributed by atoms with Crippen LogP contribution in [0, 0.1) is 12.3 Å². The van der Waals surface area contributed by atoms with E-state index < -0.39 is 5.60 Å². The van der Waals surface area contributed by atoms with Gasteiger partial charge in [-0.25, -0.2) is 0 Å². The van der Waals surface area contributed by atoms with E-state index in [-0.39, 0.29) is 17.9 Å². The summed E-state index contributed by atoms with van der Waals surface area (Å²) < 4.78 is 1.48. The van der Waals surface area contributed by atoms with Crippen LogP contribution in [0.1, 0.15) is 55.7 Å². The molecule has 0 spiro atoms. The van der Waals surface area contributed by atoms with E-state index in [0.29, 0.717) is 29.9 Å². The average molecular weight is 294 g/mol. The summed E-state index contributed by atoms with van der Waals surface area (Å²) in [5, 5.41) is 17.5. The largest absolute Gasteiger partial charge is 0.395 e. The Hall–Kier alpha value is -1.56. The van der Waals surface area contributed by atoms with Crippen LogP contribution in [0.25, 0.3) is 0 Å². The number of hydrogen-bond acceptors (Lipinski definition) is 4. The van der Waals surface area contributed by atoms with Crippen LogP contribution in [-0.4, -0.2) is 32.9 Å². The maximum Gasteiger partial charge on any atom is 0.271 e. The lowest BCUT2D eigenvalue weighted by molar-refractivity contribution is -0.0233. The van der Waals surface area contributed by atoms with E-state index in [2.05, 4.69) is 24.3 Å². The molecule has 1 aliphatic rings. The first kappa shape index (κ1) is 15.8. The molecule has 1 fully saturated rings. The van der Waals surface area contributed by atoms with Crippen molar-refractivity contribution >= 4 is 11.6 Å². The van der Waals surface area contributed by atoms with Crippen LogP contribution in [0.3, 0.4) is 0 Å². The van der Waals surface area contributed by atoms with Gasteiger partial charge in [0, 0.05) is 13.6 Å². The van der Waals surface area contributed by atoms with Gasteiger partial charge in [-0.15, -0.1) is 0 Å². The normalized spacial score (nSPS) is 20.2. The first-order valence-corrected chi connectivity index (χ1v) is 7.43. The van der Waals surface area contributed by atoms with Gasteiger partial charge in [0.25, 0.3) is 5.91 Å². The Bertz CT molecular complexity index is 538. The first-order chi connectivity index (χ1) is 9.64. The average Bonchev–Trinajstić information content (AvgIpc) is 2.65. The molecule has 0 aromatic carbocycles. The predicted molar refractivity (Wildman–Crippen MR) is 81.9 cm³/mol. The fourth-order valence-electron chi connectivity index (χ4n) is 2.84. The van der Waals surface area contributed by atoms with Gasteiger partial charge in [0.15, 0.2) is 0 Å². The molecule has 4 N–H and O–H groups in total. The highest BCUT2D eigenvalue weighted by atomic mass is 16.3. The summed E-state index contributed by atoms with van der Waals surface area (Å²) in [6.07, 6.45) is 3.35. The lowest BCUT2D eigenvalue weighted by Gasteiger charge is -2.40. The molecule has 21 heavy (non-hydrogen) atoms. The first-order valence-electron chi connectivity index (χ1n) is 7.43. The Morgan fingerprint density at radius 3 is 2.43 bits per heavy atom. The van der Waals surface area contributed by atoms with Crippen LogP contribution in [0.2, 0.25) is 0 Å². The molecule has 0 unspecified atom stereocenters. The topological polar surface area (TPSA) is 93.2 Å². The zero-order valence-electron chi connectivity index (χ0n) is 13.4. The van der Waals surface area contributed by atoms with E-state index in [4.69, 9.17) is 5.73 Å². The molecule has 1 aliphatic carbocycles. The quantitative estimate of drug-likeness (QED) is 0.785. The van der Waals surface area contributed by atoms with Gasteiger partial charge in [0.05, 0.1) is 17.0 Å². The van der Waals surface area contributed by atoms with Crippen molar-refractivity contribution in [2.24, 2.45) is 12.5 Å². The summed E-state index contributed by atoms with van der Waals surface area (Å²) in [5.41, 5.74) is 6.73. The minimum atomic E-state index is -0.812. The standard InChI is InChI=1S/C15H26N4O2/c1-10-11(16)12(19(4)18-10)13(20)17-9-15(21)7-5-14(2,3)6-8-15/h21H,5-9,16H2,1-4H3,(H,17,20). The van der Waals surface area contributed by atoms with Crippen molar-refractivity contribution in [3.8, 4) is 0 Å². The van der Waals surface area contributed by atoms with Crippen molar-refractivity contribution in [3.05, 3.63) is 11.4 Å². The maximum absolute atomic E-state index is 12.2. The van der Waals surface area contributed by atoms with Gasteiger partial charge in [-0.1, -0.05) is 13.8 Å². The summed E-state index contributed by atoms with van der Waals surface area (Å²) in [6, 6.07) is 0. The van der Waals surface area contributed by atoms with Crippen LogP contribution in [0.15, 0.2) is 0 Å². The molecule has 6 nitrogen and oxygen atoms in total. The van der Waals surface area contributed by atoms with Gasteiger partial charge in [-0.05, 0) is 38.0 Å². The molecule has 0 saturated heterocycles. The summed E-state index contributed by atoms with van der Waals surface area (Å²) in [5.74, 6) is -0.283. The number of anilines is 1. The fraction of sp³-hybridized carbons (Fsp3) is 0.733. The number of amides is 1. The second-order valence-electron chi connectivity index (χ2n) is 7.04. The number of aliphatic hydroxyl groups is 1. The highest BCUT2D eigenvalue weighted by Crippen LogP contribution is 2.39. The fourth-order valence-corrected chi connectivity index (χ4v) is 2.84. The number of aryl methyl sites for hydroxylation is 2. The Balaban J connectivity index is 1.98. The van der Waals surface area contributed by atoms with Gasteiger partial charge in [0.1, 0.15) is 5.69 Å². The van der Waals surface area contributed by atoms with E-state index in [0.717, 1.165) is 12.8 Å². The van der Waals surface area contributed by atoms with Crippen molar-refractivity contribution in [2.75, 3.05) is 12.3 Å². The van der Waals surface area contributed by atoms with Crippen molar-refractivity contribution < 1.29 is 9.90 Å². The SMILES string of the molecule is Cc1nn(C)c(C(=O)NCC2(O)CCC(C)(C)CC2)c1N. The number of nitrogens with one attached hydrogen (secondary N) is 1. The van der Waals surface area contributed by atoms with Gasteiger partial charge >= 0.3 is 0 Å². The van der Waals surface area contributed by atoms with Crippen molar-refractivity contribution in [1.82, 2.24) is 15.1 Å². The zero-order chi connectivity index (χ0) is 15.8. The maximum atomic E-state index is 12.2. The molecule has 2 rings (SSSR count). The molecule has 0 aliphatic heterocycles. The third-order valence-corrected chi connectivity index (χ3v) is 4.60. The van der Waals surface area contributed by atoms with E-state index in [9.17, 15) is 9.90 Å². The van der Waals surface area contributed by atoms with Crippen molar-refractivity contribution in [1.29, 1.82) is 0 Å². The smallest absolute Gasteiger partial charge is 0.271 e. The molecular formula is C15H26N4O2. The number of rotatable bonds is 3. The monoisotopic (exact) mass is 294 g/mol. The van der Waals surface area contributed by atoms with Crippen LogP contribution in [0.4, 0.5) is 5.69 Å². The lowest BCUT2D eigenvalue weighted by Crippen LogP contribution is -2.46. The number of aromatic nitrogens is 2. The number of nitrogens with zero attached hydrogens (tertiary/aromatic N) is 2. The molecule has 6 heteroatoms. The molecule has 1 aromatic heterocycles. The van der Waals surface area contributed by atoms with E-state index in [1.165, 1.54) is 4.68 Å². The van der Waals surface area contributed by atoms with E-state index >= 15 is 0 Å². The van der Waals surface area contributed by atoms with Gasteiger partial charge in [0.2, 0.25) is 0 Å². The van der Waals surface area contributed by atoms with Gasteiger partial charge in [-0.2, -0.15) is 5.10 Å². The van der Waals surface area contributed by atoms with Crippen molar-refractivity contribution in [2.45, 2.75) is 52.1 Å². The molecule has 1 saturated carbocycles. The third-order valence-electron chi connectivity index (χ3n) is 4.60. The second kappa shape index (κ2) is 5.33. The molecular weight excluding hydrogens is 268 g/mol. The van der Waals surface area contributed by atoms with Gasteiger partial charge in [-0.3, -0.25) is 9.48 Å². The molecule has 0 radical (unpaired) electrons. The highest BCUT2D eigenvalue weighted by molar-refractivity contribution is 5.97. The molecule has 0 atom stereocenters. The Kier molecular flexibility index (Phi) is 4.02. The number of carbonyl (C=O) groups excluding carboxylic acids is 1. The van der Waals surface area contributed by atoms with Crippen LogP contribution in [0.5, 0.6) is 0 Å². The molecule has 118 valence electrons. The van der Waals surface area contributed by atoms with Crippen LogP contribution < -0.4 is 11.1 Å². The lowest BCUT2D eigenvalue weighted by atomic mass is 9.71. The van der Waals surface area contributed by atoms with Crippen LogP contribution in [-0.2, 0) is 7.05 Å². The molecule has 1 aromatic rings. The zero-order valence-corrected chi connectivity index (χ0v) is 13.4. The number of nitrogen functional groups attached to an aromatic ring is 1. The van der Waals surface area contributed by atoms with E-state index in [1.807, 2.05) is 0 Å². The van der Waals surface area contributed by atoms with Crippen molar-refractivity contribution in [3.63, 3.8) is 0 Å². The summed E-state index contributed by atoms with van der Waals surface area (Å²) in [6.45, 7) is 6.45. The molecule has 1 amide bonds. The molecule has 0 bridgehead atoms. The summed E-state index contributed by atoms with van der Waals surface area (Å²) in [4.78, 5) is 12.2. The predicted octanol–water partition coefficient (Wildman–Crippen LogP) is 1.37.